The first kappa shape index (κ1) is 11.5. The number of hydrogen-bond donors (Lipinski definition) is 0. The van der Waals surface area contributed by atoms with Crippen molar-refractivity contribution in [3.05, 3.63) is 46.5 Å². The number of rotatable bonds is 2. The second kappa shape index (κ2) is 4.09. The van der Waals surface area contributed by atoms with Crippen molar-refractivity contribution < 1.29 is 14.4 Å². The number of carbonyl (C=O) groups excluding carboxylic acids is 3. The Labute approximate surface area is 99.1 Å². The lowest BCUT2D eigenvalue weighted by molar-refractivity contribution is -0.116. The zero-order valence-electron chi connectivity index (χ0n) is 9.74. The van der Waals surface area contributed by atoms with Crippen molar-refractivity contribution in [3.63, 3.8) is 0 Å². The maximum atomic E-state index is 12.1. The smallest absolute Gasteiger partial charge is 0.190 e. The Morgan fingerprint density at radius 1 is 1.06 bits per heavy atom. The molecule has 1 aromatic carbocycles. The van der Waals surface area contributed by atoms with Gasteiger partial charge in [-0.1, -0.05) is 24.3 Å². The Kier molecular flexibility index (Phi) is 2.76. The van der Waals surface area contributed by atoms with E-state index in [1.165, 1.54) is 6.92 Å². The molecular formula is C14H12O3. The van der Waals surface area contributed by atoms with E-state index in [-0.39, 0.29) is 23.8 Å². The maximum Gasteiger partial charge on any atom is 0.190 e. The SMILES string of the molecule is CC(=O)CC1=C(C)C(=O)c2ccccc2C1=O. The van der Waals surface area contributed by atoms with E-state index in [0.29, 0.717) is 22.3 Å². The van der Waals surface area contributed by atoms with Gasteiger partial charge in [-0.05, 0) is 13.8 Å². The van der Waals surface area contributed by atoms with Gasteiger partial charge in [-0.25, -0.2) is 0 Å². The summed E-state index contributed by atoms with van der Waals surface area (Å²) in [5.74, 6) is -0.468. The van der Waals surface area contributed by atoms with Crippen molar-refractivity contribution in [1.82, 2.24) is 0 Å². The third-order valence-corrected chi connectivity index (χ3v) is 2.91. The Morgan fingerprint density at radius 3 is 2.12 bits per heavy atom. The highest BCUT2D eigenvalue weighted by atomic mass is 16.1. The molecule has 17 heavy (non-hydrogen) atoms. The monoisotopic (exact) mass is 228 g/mol. The number of allylic oxidation sites excluding steroid dienone is 2. The summed E-state index contributed by atoms with van der Waals surface area (Å²) < 4.78 is 0. The number of Topliss-reactive ketones (excluding diaryl/α,β-unsaturated/α-hetero) is 3. The van der Waals surface area contributed by atoms with E-state index in [2.05, 4.69) is 0 Å². The number of carbonyl (C=O) groups is 3. The van der Waals surface area contributed by atoms with Crippen molar-refractivity contribution >= 4 is 17.3 Å². The van der Waals surface area contributed by atoms with Crippen LogP contribution in [0.25, 0.3) is 0 Å². The molecule has 1 aliphatic carbocycles. The van der Waals surface area contributed by atoms with E-state index < -0.39 is 0 Å². The summed E-state index contributed by atoms with van der Waals surface area (Å²) >= 11 is 0. The molecule has 86 valence electrons. The standard InChI is InChI=1S/C14H12O3/c1-8(15)7-12-9(2)13(16)10-5-3-4-6-11(10)14(12)17/h3-6H,7H2,1-2H3. The van der Waals surface area contributed by atoms with Crippen LogP contribution in [0.2, 0.25) is 0 Å². The van der Waals surface area contributed by atoms with Crippen LogP contribution >= 0.6 is 0 Å². The van der Waals surface area contributed by atoms with Crippen molar-refractivity contribution in [3.8, 4) is 0 Å². The second-order valence-corrected chi connectivity index (χ2v) is 4.19. The molecule has 2 rings (SSSR count). The van der Waals surface area contributed by atoms with Crippen LogP contribution in [0.15, 0.2) is 35.4 Å². The van der Waals surface area contributed by atoms with E-state index in [1.54, 1.807) is 31.2 Å². The van der Waals surface area contributed by atoms with Crippen LogP contribution in [-0.4, -0.2) is 17.3 Å². The largest absolute Gasteiger partial charge is 0.300 e. The predicted octanol–water partition coefficient (Wildman–Crippen LogP) is 2.36. The molecule has 3 nitrogen and oxygen atoms in total. The van der Waals surface area contributed by atoms with Gasteiger partial charge in [0.25, 0.3) is 0 Å². The van der Waals surface area contributed by atoms with Gasteiger partial charge in [-0.15, -0.1) is 0 Å². The third kappa shape index (κ3) is 1.84. The van der Waals surface area contributed by atoms with Gasteiger partial charge in [0.05, 0.1) is 0 Å². The minimum atomic E-state index is -0.201. The molecule has 3 heteroatoms. The predicted molar refractivity (Wildman–Crippen MR) is 63.1 cm³/mol. The molecule has 0 N–H and O–H groups in total. The van der Waals surface area contributed by atoms with Crippen molar-refractivity contribution in [2.75, 3.05) is 0 Å². The molecule has 0 amide bonds. The van der Waals surface area contributed by atoms with E-state index in [0.717, 1.165) is 0 Å². The molecule has 0 aromatic heterocycles. The number of hydrogen-bond acceptors (Lipinski definition) is 3. The normalized spacial score (nSPS) is 14.9. The fourth-order valence-corrected chi connectivity index (χ4v) is 2.01. The maximum absolute atomic E-state index is 12.1. The number of ketones is 3. The van der Waals surface area contributed by atoms with Crippen LogP contribution in [0.3, 0.4) is 0 Å². The lowest BCUT2D eigenvalue weighted by atomic mass is 9.83. The van der Waals surface area contributed by atoms with Gasteiger partial charge < -0.3 is 0 Å². The quantitative estimate of drug-likeness (QED) is 0.780. The first-order valence-corrected chi connectivity index (χ1v) is 5.40. The first-order valence-electron chi connectivity index (χ1n) is 5.40. The Morgan fingerprint density at radius 2 is 1.59 bits per heavy atom. The van der Waals surface area contributed by atoms with Crippen molar-refractivity contribution in [1.29, 1.82) is 0 Å². The van der Waals surface area contributed by atoms with Crippen LogP contribution in [0.4, 0.5) is 0 Å². The lowest BCUT2D eigenvalue weighted by Crippen LogP contribution is -2.22. The lowest BCUT2D eigenvalue weighted by Gasteiger charge is -2.17. The molecule has 0 atom stereocenters. The fourth-order valence-electron chi connectivity index (χ4n) is 2.01. The van der Waals surface area contributed by atoms with E-state index in [9.17, 15) is 14.4 Å². The molecule has 1 aliphatic rings. The molecule has 1 aromatic rings. The summed E-state index contributed by atoms with van der Waals surface area (Å²) in [5.41, 5.74) is 1.56. The van der Waals surface area contributed by atoms with E-state index >= 15 is 0 Å². The molecule has 0 radical (unpaired) electrons. The summed E-state index contributed by atoms with van der Waals surface area (Å²) in [7, 11) is 0. The summed E-state index contributed by atoms with van der Waals surface area (Å²) in [5, 5.41) is 0. The average molecular weight is 228 g/mol. The topological polar surface area (TPSA) is 51.2 Å². The number of benzene rings is 1. The number of fused-ring (bicyclic) bond motifs is 1. The summed E-state index contributed by atoms with van der Waals surface area (Å²) in [6, 6.07) is 6.72. The van der Waals surface area contributed by atoms with E-state index in [4.69, 9.17) is 0 Å². The van der Waals surface area contributed by atoms with Crippen LogP contribution in [0, 0.1) is 0 Å². The third-order valence-electron chi connectivity index (χ3n) is 2.91. The van der Waals surface area contributed by atoms with E-state index in [1.807, 2.05) is 0 Å². The molecule has 0 fully saturated rings. The van der Waals surface area contributed by atoms with Crippen LogP contribution < -0.4 is 0 Å². The van der Waals surface area contributed by atoms with Gasteiger partial charge in [0.1, 0.15) is 5.78 Å². The van der Waals surface area contributed by atoms with Crippen LogP contribution in [0.5, 0.6) is 0 Å². The second-order valence-electron chi connectivity index (χ2n) is 4.19. The van der Waals surface area contributed by atoms with Crippen LogP contribution in [0.1, 0.15) is 41.0 Å². The van der Waals surface area contributed by atoms with Gasteiger partial charge in [0, 0.05) is 28.7 Å². The highest BCUT2D eigenvalue weighted by molar-refractivity contribution is 6.27. The van der Waals surface area contributed by atoms with Gasteiger partial charge >= 0.3 is 0 Å². The molecule has 0 unspecified atom stereocenters. The van der Waals surface area contributed by atoms with Gasteiger partial charge in [-0.3, -0.25) is 14.4 Å². The minimum absolute atomic E-state index is 0.0325. The van der Waals surface area contributed by atoms with Gasteiger partial charge in [0.2, 0.25) is 0 Å². The molecule has 0 bridgehead atoms. The molecule has 0 saturated carbocycles. The first-order chi connectivity index (χ1) is 8.02. The zero-order chi connectivity index (χ0) is 12.6. The van der Waals surface area contributed by atoms with Gasteiger partial charge in [-0.2, -0.15) is 0 Å². The summed E-state index contributed by atoms with van der Waals surface area (Å²) in [4.78, 5) is 35.3. The Hall–Kier alpha value is -2.03. The Bertz CT molecular complexity index is 565. The molecule has 0 saturated heterocycles. The molecular weight excluding hydrogens is 216 g/mol. The van der Waals surface area contributed by atoms with Crippen molar-refractivity contribution in [2.24, 2.45) is 0 Å². The summed E-state index contributed by atoms with van der Waals surface area (Å²) in [6.07, 6.45) is 0.0325. The Balaban J connectivity index is 2.58. The molecule has 0 heterocycles. The summed E-state index contributed by atoms with van der Waals surface area (Å²) in [6.45, 7) is 3.02. The fraction of sp³-hybridized carbons (Fsp3) is 0.214. The minimum Gasteiger partial charge on any atom is -0.300 e. The van der Waals surface area contributed by atoms with Crippen LogP contribution in [-0.2, 0) is 4.79 Å². The molecule has 0 aliphatic heterocycles. The zero-order valence-corrected chi connectivity index (χ0v) is 9.74. The highest BCUT2D eigenvalue weighted by Gasteiger charge is 2.29. The highest BCUT2D eigenvalue weighted by Crippen LogP contribution is 2.27. The molecule has 0 spiro atoms. The van der Waals surface area contributed by atoms with Gasteiger partial charge in [0.15, 0.2) is 11.6 Å². The van der Waals surface area contributed by atoms with Crippen molar-refractivity contribution in [2.45, 2.75) is 20.3 Å². The average Bonchev–Trinajstić information content (AvgIpc) is 2.31.